The van der Waals surface area contributed by atoms with E-state index in [4.69, 9.17) is 4.74 Å². The summed E-state index contributed by atoms with van der Waals surface area (Å²) in [6.07, 6.45) is 2.34. The second kappa shape index (κ2) is 5.65. The number of aromatic nitrogens is 1. The maximum atomic E-state index is 12.4. The van der Waals surface area contributed by atoms with E-state index >= 15 is 0 Å². The highest BCUT2D eigenvalue weighted by Crippen LogP contribution is 2.30. The molecule has 0 N–H and O–H groups in total. The minimum Gasteiger partial charge on any atom is -0.491 e. The van der Waals surface area contributed by atoms with Crippen LogP contribution < -0.4 is 4.74 Å². The third kappa shape index (κ3) is 2.87. The third-order valence-electron chi connectivity index (χ3n) is 2.55. The van der Waals surface area contributed by atoms with Crippen LogP contribution in [0.4, 0.5) is 0 Å². The molecular formula is C15H16NO2. The smallest absolute Gasteiger partial charge is 0.148 e. The van der Waals surface area contributed by atoms with Crippen LogP contribution in [0.5, 0.6) is 5.75 Å². The Morgan fingerprint density at radius 1 is 1.11 bits per heavy atom. The fraction of sp³-hybridized carbons (Fsp3) is 0.267. The Balaban J connectivity index is 2.33. The van der Waals surface area contributed by atoms with Crippen LogP contribution in [-0.4, -0.2) is 11.1 Å². The van der Waals surface area contributed by atoms with Gasteiger partial charge in [0.2, 0.25) is 0 Å². The number of nitrogens with zero attached hydrogens (tertiary/aromatic N) is 1. The van der Waals surface area contributed by atoms with Crippen LogP contribution in [0.15, 0.2) is 48.8 Å². The van der Waals surface area contributed by atoms with Crippen molar-refractivity contribution in [3.8, 4) is 5.75 Å². The van der Waals surface area contributed by atoms with E-state index in [0.717, 1.165) is 0 Å². The summed E-state index contributed by atoms with van der Waals surface area (Å²) in [6.45, 7) is 3.89. The number of para-hydroxylation sites is 1. The zero-order valence-electron chi connectivity index (χ0n) is 10.5. The quantitative estimate of drug-likeness (QED) is 0.824. The molecule has 0 aliphatic carbocycles. The molecule has 0 aliphatic heterocycles. The van der Waals surface area contributed by atoms with Gasteiger partial charge in [0.05, 0.1) is 6.10 Å². The molecule has 18 heavy (non-hydrogen) atoms. The first-order valence-electron chi connectivity index (χ1n) is 6.00. The van der Waals surface area contributed by atoms with Gasteiger partial charge in [-0.25, -0.2) is 5.11 Å². The Labute approximate surface area is 107 Å². The van der Waals surface area contributed by atoms with Crippen molar-refractivity contribution in [3.05, 3.63) is 59.9 Å². The van der Waals surface area contributed by atoms with Crippen LogP contribution in [0.3, 0.4) is 0 Å². The highest BCUT2D eigenvalue weighted by Gasteiger charge is 2.17. The molecular weight excluding hydrogens is 226 g/mol. The van der Waals surface area contributed by atoms with Crippen LogP contribution in [0.25, 0.3) is 0 Å². The van der Waals surface area contributed by atoms with E-state index in [2.05, 4.69) is 4.98 Å². The Kier molecular flexibility index (Phi) is 3.95. The summed E-state index contributed by atoms with van der Waals surface area (Å²) in [5, 5.41) is 12.4. The van der Waals surface area contributed by atoms with Crippen molar-refractivity contribution in [1.82, 2.24) is 4.98 Å². The van der Waals surface area contributed by atoms with Crippen molar-refractivity contribution in [2.24, 2.45) is 0 Å². The molecule has 0 amide bonds. The molecule has 0 fully saturated rings. The molecule has 0 bridgehead atoms. The number of benzene rings is 1. The Hall–Kier alpha value is -1.87. The van der Waals surface area contributed by atoms with Crippen molar-refractivity contribution in [2.45, 2.75) is 26.1 Å². The van der Waals surface area contributed by atoms with Gasteiger partial charge in [-0.2, -0.15) is 0 Å². The van der Waals surface area contributed by atoms with E-state index in [1.54, 1.807) is 24.5 Å². The maximum absolute atomic E-state index is 12.4. The van der Waals surface area contributed by atoms with Crippen molar-refractivity contribution >= 4 is 0 Å². The average molecular weight is 242 g/mol. The van der Waals surface area contributed by atoms with Gasteiger partial charge in [0.15, 0.2) is 0 Å². The molecule has 0 saturated heterocycles. The third-order valence-corrected chi connectivity index (χ3v) is 2.55. The van der Waals surface area contributed by atoms with Crippen LogP contribution in [0, 0.1) is 0 Å². The molecule has 1 aromatic carbocycles. The fourth-order valence-electron chi connectivity index (χ4n) is 1.77. The molecule has 1 aromatic heterocycles. The van der Waals surface area contributed by atoms with Gasteiger partial charge in [-0.1, -0.05) is 24.3 Å². The first kappa shape index (κ1) is 12.6. The van der Waals surface area contributed by atoms with E-state index in [1.165, 1.54) is 0 Å². The second-order valence-corrected chi connectivity index (χ2v) is 4.37. The van der Waals surface area contributed by atoms with E-state index < -0.39 is 6.10 Å². The average Bonchev–Trinajstić information content (AvgIpc) is 2.39. The largest absolute Gasteiger partial charge is 0.491 e. The molecule has 0 aliphatic rings. The number of pyridine rings is 1. The van der Waals surface area contributed by atoms with Crippen molar-refractivity contribution in [3.63, 3.8) is 0 Å². The number of rotatable bonds is 4. The number of ether oxygens (including phenoxy) is 1. The van der Waals surface area contributed by atoms with Gasteiger partial charge in [0.1, 0.15) is 11.9 Å². The summed E-state index contributed by atoms with van der Waals surface area (Å²) in [5.74, 6) is 0.649. The lowest BCUT2D eigenvalue weighted by Gasteiger charge is -2.16. The van der Waals surface area contributed by atoms with Gasteiger partial charge in [0.25, 0.3) is 0 Å². The van der Waals surface area contributed by atoms with Crippen LogP contribution >= 0.6 is 0 Å². The molecule has 2 aromatic rings. The molecule has 0 spiro atoms. The summed E-state index contributed by atoms with van der Waals surface area (Å²) >= 11 is 0. The number of hydrogen-bond acceptors (Lipinski definition) is 2. The molecule has 1 radical (unpaired) electrons. The summed E-state index contributed by atoms with van der Waals surface area (Å²) in [7, 11) is 0. The molecule has 1 heterocycles. The Bertz CT molecular complexity index is 497. The van der Waals surface area contributed by atoms with Gasteiger partial charge in [0, 0.05) is 23.5 Å². The van der Waals surface area contributed by atoms with E-state index in [9.17, 15) is 5.11 Å². The van der Waals surface area contributed by atoms with E-state index in [-0.39, 0.29) is 6.10 Å². The Morgan fingerprint density at radius 3 is 2.56 bits per heavy atom. The molecule has 3 heteroatoms. The minimum atomic E-state index is -0.964. The summed E-state index contributed by atoms with van der Waals surface area (Å²) in [6, 6.07) is 10.9. The lowest BCUT2D eigenvalue weighted by Crippen LogP contribution is -2.09. The van der Waals surface area contributed by atoms with Gasteiger partial charge >= 0.3 is 0 Å². The standard InChI is InChI=1S/C15H16NO2/c1-11(2)18-14-8-4-3-7-13(14)15(17)12-6-5-9-16-10-12/h3-11,15H,1-2H3. The predicted octanol–water partition coefficient (Wildman–Crippen LogP) is 3.39. The molecule has 0 saturated carbocycles. The lowest BCUT2D eigenvalue weighted by atomic mass is 10.0. The molecule has 93 valence electrons. The summed E-state index contributed by atoms with van der Waals surface area (Å²) in [4.78, 5) is 3.98. The maximum Gasteiger partial charge on any atom is 0.148 e. The predicted molar refractivity (Wildman–Crippen MR) is 69.0 cm³/mol. The van der Waals surface area contributed by atoms with Gasteiger partial charge in [-0.05, 0) is 26.0 Å². The monoisotopic (exact) mass is 242 g/mol. The normalized spacial score (nSPS) is 12.4. The van der Waals surface area contributed by atoms with E-state index in [1.807, 2.05) is 38.1 Å². The lowest BCUT2D eigenvalue weighted by molar-refractivity contribution is 0.118. The van der Waals surface area contributed by atoms with Gasteiger partial charge in [-0.15, -0.1) is 0 Å². The first-order chi connectivity index (χ1) is 8.68. The summed E-state index contributed by atoms with van der Waals surface area (Å²) in [5.41, 5.74) is 1.30. The topological polar surface area (TPSA) is 42.0 Å². The van der Waals surface area contributed by atoms with Crippen LogP contribution in [-0.2, 0) is 5.11 Å². The van der Waals surface area contributed by atoms with Crippen molar-refractivity contribution in [1.29, 1.82) is 0 Å². The minimum absolute atomic E-state index is 0.0484. The fourth-order valence-corrected chi connectivity index (χ4v) is 1.77. The van der Waals surface area contributed by atoms with Crippen LogP contribution in [0.2, 0.25) is 0 Å². The van der Waals surface area contributed by atoms with Gasteiger partial charge < -0.3 is 4.74 Å². The number of hydrogen-bond donors (Lipinski definition) is 0. The second-order valence-electron chi connectivity index (χ2n) is 4.37. The van der Waals surface area contributed by atoms with Crippen molar-refractivity contribution in [2.75, 3.05) is 0 Å². The molecule has 1 atom stereocenters. The van der Waals surface area contributed by atoms with Crippen molar-refractivity contribution < 1.29 is 9.84 Å². The summed E-state index contributed by atoms with van der Waals surface area (Å²) < 4.78 is 5.67. The zero-order valence-corrected chi connectivity index (χ0v) is 10.5. The Morgan fingerprint density at radius 2 is 1.89 bits per heavy atom. The first-order valence-corrected chi connectivity index (χ1v) is 6.00. The van der Waals surface area contributed by atoms with Crippen LogP contribution in [0.1, 0.15) is 31.1 Å². The van der Waals surface area contributed by atoms with E-state index in [0.29, 0.717) is 16.9 Å². The SMILES string of the molecule is CC(C)Oc1ccccc1C([O])c1cccnc1. The molecule has 3 nitrogen and oxygen atoms in total. The van der Waals surface area contributed by atoms with Gasteiger partial charge in [-0.3, -0.25) is 4.98 Å². The highest BCUT2D eigenvalue weighted by molar-refractivity contribution is 5.39. The molecule has 1 unspecified atom stereocenters. The highest BCUT2D eigenvalue weighted by atomic mass is 16.5. The zero-order chi connectivity index (χ0) is 13.0. The molecule has 2 rings (SSSR count).